The summed E-state index contributed by atoms with van der Waals surface area (Å²) >= 11 is 0. The van der Waals surface area contributed by atoms with Crippen LogP contribution in [0.2, 0.25) is 0 Å². The molecule has 0 saturated carbocycles. The maximum Gasteiger partial charge on any atom is 0.321 e. The molecule has 0 spiro atoms. The van der Waals surface area contributed by atoms with Gasteiger partial charge in [-0.25, -0.2) is 4.79 Å². The Balaban J connectivity index is 0.00000243. The van der Waals surface area contributed by atoms with E-state index in [1.165, 1.54) is 0 Å². The summed E-state index contributed by atoms with van der Waals surface area (Å²) in [6, 6.07) is 9.99. The highest BCUT2D eigenvalue weighted by Gasteiger charge is 2.30. The second kappa shape index (κ2) is 9.78. The third-order valence-electron chi connectivity index (χ3n) is 5.07. The lowest BCUT2D eigenvalue weighted by molar-refractivity contribution is -0.127. The van der Waals surface area contributed by atoms with E-state index in [1.807, 2.05) is 30.3 Å². The molecule has 3 N–H and O–H groups in total. The van der Waals surface area contributed by atoms with Crippen molar-refractivity contribution in [2.24, 2.45) is 5.92 Å². The molecule has 26 heavy (non-hydrogen) atoms. The molecule has 3 atom stereocenters. The van der Waals surface area contributed by atoms with Gasteiger partial charge in [0.2, 0.25) is 5.91 Å². The van der Waals surface area contributed by atoms with Gasteiger partial charge in [0.05, 0.1) is 5.92 Å². The fraction of sp³-hybridized carbons (Fsp3) is 0.579. The van der Waals surface area contributed by atoms with E-state index in [9.17, 15) is 9.59 Å². The summed E-state index contributed by atoms with van der Waals surface area (Å²) in [5.74, 6) is -0.0169. The zero-order valence-electron chi connectivity index (χ0n) is 15.2. The standard InChI is InChI=1S/C19H28N4O2.ClH/c1-14-12-17(9-10-20-14)21-18(24)15-6-5-11-23(13-15)19(25)22-16-7-3-2-4-8-16;/h2-4,7-8,14-15,17,20H,5-6,9-13H2,1H3,(H,21,24)(H,22,25);1H. The lowest BCUT2D eigenvalue weighted by Gasteiger charge is -2.34. The fourth-order valence-corrected chi connectivity index (χ4v) is 3.68. The van der Waals surface area contributed by atoms with Crippen LogP contribution in [-0.2, 0) is 4.79 Å². The van der Waals surface area contributed by atoms with Crippen LogP contribution in [-0.4, -0.2) is 48.6 Å². The SMILES string of the molecule is CC1CC(NC(=O)C2CCCN(C(=O)Nc3ccccc3)C2)CCN1.Cl. The number of para-hydroxylation sites is 1. The van der Waals surface area contributed by atoms with Crippen molar-refractivity contribution in [1.29, 1.82) is 0 Å². The van der Waals surface area contributed by atoms with Gasteiger partial charge in [-0.15, -0.1) is 12.4 Å². The third kappa shape index (κ3) is 5.61. The first-order valence-electron chi connectivity index (χ1n) is 9.26. The van der Waals surface area contributed by atoms with Gasteiger partial charge in [-0.3, -0.25) is 4.79 Å². The molecule has 0 aromatic heterocycles. The Hall–Kier alpha value is -1.79. The number of amides is 3. The number of anilines is 1. The molecule has 0 bridgehead atoms. The van der Waals surface area contributed by atoms with Gasteiger partial charge in [0, 0.05) is 30.9 Å². The first-order valence-corrected chi connectivity index (χ1v) is 9.26. The molecule has 3 amide bonds. The average molecular weight is 381 g/mol. The fourth-order valence-electron chi connectivity index (χ4n) is 3.68. The summed E-state index contributed by atoms with van der Waals surface area (Å²) in [4.78, 5) is 26.8. The van der Waals surface area contributed by atoms with E-state index in [-0.39, 0.29) is 36.3 Å². The Morgan fingerprint density at radius 2 is 1.96 bits per heavy atom. The van der Waals surface area contributed by atoms with Crippen molar-refractivity contribution in [1.82, 2.24) is 15.5 Å². The molecule has 0 radical (unpaired) electrons. The number of nitrogens with zero attached hydrogens (tertiary/aromatic N) is 1. The molecule has 1 aromatic rings. The lowest BCUT2D eigenvalue weighted by atomic mass is 9.95. The second-order valence-electron chi connectivity index (χ2n) is 7.17. The maximum atomic E-state index is 12.6. The molecule has 2 aliphatic rings. The van der Waals surface area contributed by atoms with Crippen LogP contribution in [0, 0.1) is 5.92 Å². The normalized spacial score (nSPS) is 25.7. The van der Waals surface area contributed by atoms with E-state index in [1.54, 1.807) is 4.90 Å². The molecule has 2 saturated heterocycles. The number of carbonyl (C=O) groups excluding carboxylic acids is 2. The molecule has 1 aromatic carbocycles. The van der Waals surface area contributed by atoms with Crippen LogP contribution in [0.1, 0.15) is 32.6 Å². The predicted molar refractivity (Wildman–Crippen MR) is 106 cm³/mol. The average Bonchev–Trinajstić information content (AvgIpc) is 2.62. The van der Waals surface area contributed by atoms with Gasteiger partial charge < -0.3 is 20.9 Å². The topological polar surface area (TPSA) is 73.5 Å². The van der Waals surface area contributed by atoms with Gasteiger partial charge >= 0.3 is 6.03 Å². The highest BCUT2D eigenvalue weighted by molar-refractivity contribution is 5.90. The zero-order valence-corrected chi connectivity index (χ0v) is 16.1. The number of nitrogens with one attached hydrogen (secondary N) is 3. The van der Waals surface area contributed by atoms with Crippen LogP contribution in [0.3, 0.4) is 0 Å². The van der Waals surface area contributed by atoms with Gasteiger partial charge in [0.15, 0.2) is 0 Å². The van der Waals surface area contributed by atoms with E-state index < -0.39 is 0 Å². The van der Waals surface area contributed by atoms with Crippen LogP contribution in [0.4, 0.5) is 10.5 Å². The largest absolute Gasteiger partial charge is 0.353 e. The van der Waals surface area contributed by atoms with Gasteiger partial charge in [0.25, 0.3) is 0 Å². The molecule has 3 rings (SSSR count). The monoisotopic (exact) mass is 380 g/mol. The molecule has 2 fully saturated rings. The second-order valence-corrected chi connectivity index (χ2v) is 7.17. The number of piperidine rings is 2. The van der Waals surface area contributed by atoms with Crippen LogP contribution in [0.5, 0.6) is 0 Å². The highest BCUT2D eigenvalue weighted by Crippen LogP contribution is 2.19. The summed E-state index contributed by atoms with van der Waals surface area (Å²) < 4.78 is 0. The van der Waals surface area contributed by atoms with Crippen LogP contribution in [0.15, 0.2) is 30.3 Å². The number of rotatable bonds is 3. The Kier molecular flexibility index (Phi) is 7.72. The minimum absolute atomic E-state index is 0. The molecule has 0 aliphatic carbocycles. The number of urea groups is 1. The van der Waals surface area contributed by atoms with Crippen LogP contribution >= 0.6 is 12.4 Å². The number of carbonyl (C=O) groups is 2. The first kappa shape index (κ1) is 20.5. The number of hydrogen-bond donors (Lipinski definition) is 3. The molecule has 3 unspecified atom stereocenters. The predicted octanol–water partition coefficient (Wildman–Crippen LogP) is 2.61. The maximum absolute atomic E-state index is 12.6. The molecule has 2 heterocycles. The van der Waals surface area contributed by atoms with Crippen LogP contribution in [0.25, 0.3) is 0 Å². The van der Waals surface area contributed by atoms with Crippen molar-refractivity contribution in [3.63, 3.8) is 0 Å². The lowest BCUT2D eigenvalue weighted by Crippen LogP contribution is -2.51. The molecular formula is C19H29ClN4O2. The minimum atomic E-state index is -0.126. The highest BCUT2D eigenvalue weighted by atomic mass is 35.5. The van der Waals surface area contributed by atoms with Crippen molar-refractivity contribution in [3.8, 4) is 0 Å². The van der Waals surface area contributed by atoms with Gasteiger partial charge in [-0.05, 0) is 51.3 Å². The summed E-state index contributed by atoms with van der Waals surface area (Å²) in [5.41, 5.74) is 0.780. The van der Waals surface area contributed by atoms with Crippen molar-refractivity contribution >= 4 is 30.0 Å². The summed E-state index contributed by atoms with van der Waals surface area (Å²) in [6.07, 6.45) is 3.65. The molecule has 2 aliphatic heterocycles. The van der Waals surface area contributed by atoms with E-state index in [0.717, 1.165) is 37.9 Å². The number of halogens is 1. The van der Waals surface area contributed by atoms with Crippen molar-refractivity contribution < 1.29 is 9.59 Å². The quantitative estimate of drug-likeness (QED) is 0.754. The molecular weight excluding hydrogens is 352 g/mol. The zero-order chi connectivity index (χ0) is 17.6. The Bertz CT molecular complexity index is 598. The van der Waals surface area contributed by atoms with Gasteiger partial charge in [-0.1, -0.05) is 18.2 Å². The van der Waals surface area contributed by atoms with E-state index in [0.29, 0.717) is 19.1 Å². The summed E-state index contributed by atoms with van der Waals surface area (Å²) in [7, 11) is 0. The molecule has 6 nitrogen and oxygen atoms in total. The Morgan fingerprint density at radius 1 is 1.19 bits per heavy atom. The van der Waals surface area contributed by atoms with E-state index >= 15 is 0 Å². The minimum Gasteiger partial charge on any atom is -0.353 e. The summed E-state index contributed by atoms with van der Waals surface area (Å²) in [5, 5.41) is 9.49. The van der Waals surface area contributed by atoms with E-state index in [2.05, 4.69) is 22.9 Å². The van der Waals surface area contributed by atoms with Crippen LogP contribution < -0.4 is 16.0 Å². The number of hydrogen-bond acceptors (Lipinski definition) is 3. The molecule has 144 valence electrons. The van der Waals surface area contributed by atoms with Gasteiger partial charge in [0.1, 0.15) is 0 Å². The third-order valence-corrected chi connectivity index (χ3v) is 5.07. The number of benzene rings is 1. The van der Waals surface area contributed by atoms with Crippen molar-refractivity contribution in [2.75, 3.05) is 25.0 Å². The Morgan fingerprint density at radius 3 is 2.69 bits per heavy atom. The summed E-state index contributed by atoms with van der Waals surface area (Å²) in [6.45, 7) is 4.29. The van der Waals surface area contributed by atoms with Gasteiger partial charge in [-0.2, -0.15) is 0 Å². The molecule has 7 heteroatoms. The van der Waals surface area contributed by atoms with Crippen molar-refractivity contribution in [3.05, 3.63) is 30.3 Å². The number of likely N-dealkylation sites (tertiary alicyclic amines) is 1. The van der Waals surface area contributed by atoms with E-state index in [4.69, 9.17) is 0 Å². The first-order chi connectivity index (χ1) is 12.1. The van der Waals surface area contributed by atoms with Crippen molar-refractivity contribution in [2.45, 2.75) is 44.7 Å². The smallest absolute Gasteiger partial charge is 0.321 e. The Labute approximate surface area is 161 Å².